The number of aryl methyl sites for hydroxylation is 1. The Morgan fingerprint density at radius 2 is 2.00 bits per heavy atom. The van der Waals surface area contributed by atoms with Crippen molar-refractivity contribution in [2.45, 2.75) is 39.2 Å². The third-order valence-electron chi connectivity index (χ3n) is 4.43. The highest BCUT2D eigenvalue weighted by Crippen LogP contribution is 2.31. The van der Waals surface area contributed by atoms with E-state index in [4.69, 9.17) is 4.74 Å². The molecule has 0 atom stereocenters. The molecule has 6 nitrogen and oxygen atoms in total. The molecule has 0 aliphatic carbocycles. The van der Waals surface area contributed by atoms with Gasteiger partial charge in [0.25, 0.3) is 5.69 Å². The largest absolute Gasteiger partial charge is 0.456 e. The van der Waals surface area contributed by atoms with E-state index >= 15 is 0 Å². The first-order valence-corrected chi connectivity index (χ1v) is 7.62. The minimum atomic E-state index is -0.624. The molecule has 1 aliphatic rings. The van der Waals surface area contributed by atoms with Crippen molar-refractivity contribution in [2.75, 3.05) is 13.1 Å². The summed E-state index contributed by atoms with van der Waals surface area (Å²) in [6, 6.07) is 4.60. The van der Waals surface area contributed by atoms with Crippen LogP contribution in [0.25, 0.3) is 0 Å². The van der Waals surface area contributed by atoms with Crippen molar-refractivity contribution in [2.24, 2.45) is 5.92 Å². The highest BCUT2D eigenvalue weighted by Gasteiger charge is 2.37. The maximum Gasteiger partial charge on any atom is 0.345 e. The zero-order valence-electron chi connectivity index (χ0n) is 13.3. The molecule has 1 aromatic carbocycles. The lowest BCUT2D eigenvalue weighted by Crippen LogP contribution is -2.86. The summed E-state index contributed by atoms with van der Waals surface area (Å²) in [6.45, 7) is 7.52. The van der Waals surface area contributed by atoms with Crippen LogP contribution in [0.4, 0.5) is 5.69 Å². The Hall–Kier alpha value is -1.95. The quantitative estimate of drug-likeness (QED) is 0.522. The molecular formula is C16H23N2O4+. The third kappa shape index (κ3) is 3.44. The highest BCUT2D eigenvalue weighted by molar-refractivity contribution is 5.95. The van der Waals surface area contributed by atoms with E-state index in [1.54, 1.807) is 19.1 Å². The van der Waals surface area contributed by atoms with Crippen molar-refractivity contribution in [3.05, 3.63) is 39.4 Å². The van der Waals surface area contributed by atoms with Gasteiger partial charge in [0.05, 0.1) is 18.0 Å². The van der Waals surface area contributed by atoms with Crippen molar-refractivity contribution in [3.63, 3.8) is 0 Å². The number of nitro groups is 1. The van der Waals surface area contributed by atoms with Gasteiger partial charge in [-0.05, 0) is 26.3 Å². The second kappa shape index (κ2) is 6.44. The molecule has 1 aliphatic heterocycles. The van der Waals surface area contributed by atoms with Crippen molar-refractivity contribution >= 4 is 11.7 Å². The average Bonchev–Trinajstić information content (AvgIpc) is 2.47. The first kappa shape index (κ1) is 16.4. The molecule has 0 bridgehead atoms. The Kier molecular flexibility index (Phi) is 4.81. The highest BCUT2D eigenvalue weighted by atomic mass is 16.6. The second-order valence-corrected chi connectivity index (χ2v) is 6.36. The van der Waals surface area contributed by atoms with Crippen LogP contribution >= 0.6 is 0 Å². The predicted molar refractivity (Wildman–Crippen MR) is 81.7 cm³/mol. The van der Waals surface area contributed by atoms with Crippen LogP contribution in [0, 0.1) is 23.0 Å². The molecule has 1 fully saturated rings. The predicted octanol–water partition coefficient (Wildman–Crippen LogP) is 1.81. The van der Waals surface area contributed by atoms with Crippen LogP contribution in [0.2, 0.25) is 0 Å². The Morgan fingerprint density at radius 1 is 1.36 bits per heavy atom. The molecule has 0 amide bonds. The first-order chi connectivity index (χ1) is 10.3. The topological polar surface area (TPSA) is 86.0 Å². The number of benzene rings is 1. The van der Waals surface area contributed by atoms with Gasteiger partial charge in [0.1, 0.15) is 11.2 Å². The lowest BCUT2D eigenvalue weighted by molar-refractivity contribution is -0.665. The van der Waals surface area contributed by atoms with Crippen LogP contribution in [0.1, 0.15) is 42.6 Å². The summed E-state index contributed by atoms with van der Waals surface area (Å²) in [7, 11) is 0. The fourth-order valence-electron chi connectivity index (χ4n) is 3.07. The van der Waals surface area contributed by atoms with E-state index in [9.17, 15) is 14.9 Å². The Bertz CT molecular complexity index is 578. The van der Waals surface area contributed by atoms with Gasteiger partial charge in [-0.25, -0.2) is 4.79 Å². The molecular weight excluding hydrogens is 284 g/mol. The van der Waals surface area contributed by atoms with Gasteiger partial charge in [-0.2, -0.15) is 0 Å². The molecule has 0 radical (unpaired) electrons. The van der Waals surface area contributed by atoms with Crippen LogP contribution in [-0.2, 0) is 4.74 Å². The monoisotopic (exact) mass is 307 g/mol. The van der Waals surface area contributed by atoms with Crippen LogP contribution in [0.5, 0.6) is 0 Å². The van der Waals surface area contributed by atoms with Crippen molar-refractivity contribution in [3.8, 4) is 0 Å². The van der Waals surface area contributed by atoms with E-state index in [0.717, 1.165) is 25.9 Å². The van der Waals surface area contributed by atoms with Gasteiger partial charge in [0.2, 0.25) is 0 Å². The van der Waals surface area contributed by atoms with Crippen LogP contribution in [-0.4, -0.2) is 29.6 Å². The molecule has 120 valence electrons. The molecule has 0 aromatic heterocycles. The molecule has 1 heterocycles. The molecule has 0 spiro atoms. The van der Waals surface area contributed by atoms with Gasteiger partial charge in [-0.3, -0.25) is 10.1 Å². The number of carbonyl (C=O) groups excluding carboxylic acids is 1. The standard InChI is InChI=1S/C16H22N2O4/c1-11-5-4-6-13(18(20)21)14(11)15(19)22-16(2,3)12-7-9-17-10-8-12/h4-6,12,17H,7-10H2,1-3H3/p+1. The summed E-state index contributed by atoms with van der Waals surface area (Å²) >= 11 is 0. The summed E-state index contributed by atoms with van der Waals surface area (Å²) < 4.78 is 5.68. The minimum Gasteiger partial charge on any atom is -0.456 e. The van der Waals surface area contributed by atoms with E-state index in [1.165, 1.54) is 6.07 Å². The Morgan fingerprint density at radius 3 is 2.59 bits per heavy atom. The maximum absolute atomic E-state index is 12.5. The molecule has 2 N–H and O–H groups in total. The third-order valence-corrected chi connectivity index (χ3v) is 4.43. The SMILES string of the molecule is Cc1cccc([N+](=O)[O-])c1C(=O)OC(C)(C)C1CC[NH2+]CC1. The Labute approximate surface area is 130 Å². The van der Waals surface area contributed by atoms with Crippen molar-refractivity contribution in [1.82, 2.24) is 0 Å². The number of ether oxygens (including phenoxy) is 1. The lowest BCUT2D eigenvalue weighted by Gasteiger charge is -2.35. The summed E-state index contributed by atoms with van der Waals surface area (Å²) in [4.78, 5) is 23.1. The van der Waals surface area contributed by atoms with E-state index in [2.05, 4.69) is 5.32 Å². The van der Waals surface area contributed by atoms with E-state index < -0.39 is 16.5 Å². The number of esters is 1. The summed E-state index contributed by atoms with van der Waals surface area (Å²) in [5.74, 6) is -0.325. The van der Waals surface area contributed by atoms with Gasteiger partial charge in [0, 0.05) is 24.8 Å². The minimum absolute atomic E-state index is 0.0583. The lowest BCUT2D eigenvalue weighted by atomic mass is 9.83. The number of nitro benzene ring substituents is 1. The zero-order valence-corrected chi connectivity index (χ0v) is 13.3. The van der Waals surface area contributed by atoms with Gasteiger partial charge >= 0.3 is 5.97 Å². The normalized spacial score (nSPS) is 16.3. The number of hydrogen-bond donors (Lipinski definition) is 1. The zero-order chi connectivity index (χ0) is 16.3. The number of piperidine rings is 1. The maximum atomic E-state index is 12.5. The number of carbonyl (C=O) groups is 1. The van der Waals surface area contributed by atoms with E-state index in [1.807, 2.05) is 13.8 Å². The number of rotatable bonds is 4. The van der Waals surface area contributed by atoms with E-state index in [0.29, 0.717) is 5.56 Å². The first-order valence-electron chi connectivity index (χ1n) is 7.62. The van der Waals surface area contributed by atoms with Gasteiger partial charge in [-0.1, -0.05) is 12.1 Å². The van der Waals surface area contributed by atoms with Crippen LogP contribution in [0.15, 0.2) is 18.2 Å². The number of hydrogen-bond acceptors (Lipinski definition) is 4. The summed E-state index contributed by atoms with van der Waals surface area (Å²) in [5.41, 5.74) is -0.200. The molecule has 2 rings (SSSR count). The van der Waals surface area contributed by atoms with Crippen molar-refractivity contribution < 1.29 is 19.8 Å². The fourth-order valence-corrected chi connectivity index (χ4v) is 3.07. The van der Waals surface area contributed by atoms with Gasteiger partial charge in [-0.15, -0.1) is 0 Å². The molecule has 0 saturated carbocycles. The van der Waals surface area contributed by atoms with Crippen molar-refractivity contribution in [1.29, 1.82) is 0 Å². The number of quaternary nitrogens is 1. The van der Waals surface area contributed by atoms with Crippen LogP contribution in [0.3, 0.4) is 0 Å². The molecule has 6 heteroatoms. The van der Waals surface area contributed by atoms with Crippen LogP contribution < -0.4 is 5.32 Å². The summed E-state index contributed by atoms with van der Waals surface area (Å²) in [6.07, 6.45) is 1.96. The molecule has 0 unspecified atom stereocenters. The summed E-state index contributed by atoms with van der Waals surface area (Å²) in [5, 5.41) is 13.4. The average molecular weight is 307 g/mol. The van der Waals surface area contributed by atoms with E-state index in [-0.39, 0.29) is 17.2 Å². The van der Waals surface area contributed by atoms with Gasteiger partial charge < -0.3 is 10.1 Å². The Balaban J connectivity index is 2.23. The number of nitrogens with two attached hydrogens (primary N) is 1. The fraction of sp³-hybridized carbons (Fsp3) is 0.562. The second-order valence-electron chi connectivity index (χ2n) is 6.36. The van der Waals surface area contributed by atoms with Gasteiger partial charge in [0.15, 0.2) is 0 Å². The smallest absolute Gasteiger partial charge is 0.345 e. The molecule has 22 heavy (non-hydrogen) atoms. The number of nitrogens with zero attached hydrogens (tertiary/aromatic N) is 1. The molecule has 1 saturated heterocycles. The molecule has 1 aromatic rings.